The van der Waals surface area contributed by atoms with E-state index in [1.165, 1.54) is 35.8 Å². The molecule has 9 heteroatoms. The smallest absolute Gasteiger partial charge is 0.317 e. The van der Waals surface area contributed by atoms with Crippen LogP contribution in [0, 0.1) is 24.1 Å². The van der Waals surface area contributed by atoms with Crippen molar-refractivity contribution in [1.29, 1.82) is 5.26 Å². The van der Waals surface area contributed by atoms with Gasteiger partial charge in [0.25, 0.3) is 0 Å². The average molecular weight is 476 g/mol. The first-order valence-corrected chi connectivity index (χ1v) is 11.4. The van der Waals surface area contributed by atoms with E-state index in [1.807, 2.05) is 0 Å². The summed E-state index contributed by atoms with van der Waals surface area (Å²) >= 11 is 0. The van der Waals surface area contributed by atoms with Gasteiger partial charge in [0, 0.05) is 11.4 Å². The Kier molecular flexibility index (Phi) is 6.52. The number of aromatic nitrogens is 1. The Labute approximate surface area is 189 Å². The molecule has 0 amide bonds. The van der Waals surface area contributed by atoms with E-state index in [9.17, 15) is 31.2 Å². The molecule has 3 rings (SSSR count). The summed E-state index contributed by atoms with van der Waals surface area (Å²) in [6.45, 7) is 5.05. The molecule has 0 saturated heterocycles. The topological polar surface area (TPSA) is 62.9 Å². The largest absolute Gasteiger partial charge is 0.418 e. The van der Waals surface area contributed by atoms with Crippen molar-refractivity contribution < 1.29 is 26.0 Å². The normalized spacial score (nSPS) is 12.8. The number of rotatable bonds is 5. The minimum Gasteiger partial charge on any atom is -0.317 e. The number of hydrogen-bond acceptors (Lipinski definition) is 3. The molecule has 0 N–H and O–H groups in total. The van der Waals surface area contributed by atoms with Gasteiger partial charge in [-0.05, 0) is 60.9 Å². The molecular weight excluding hydrogens is 456 g/mol. The number of sulfone groups is 1. The summed E-state index contributed by atoms with van der Waals surface area (Å²) in [4.78, 5) is -0.615. The van der Waals surface area contributed by atoms with E-state index >= 15 is 0 Å². The van der Waals surface area contributed by atoms with Gasteiger partial charge in [0.1, 0.15) is 16.8 Å². The highest BCUT2D eigenvalue weighted by atomic mass is 32.2. The lowest BCUT2D eigenvalue weighted by atomic mass is 10.1. The van der Waals surface area contributed by atoms with Crippen molar-refractivity contribution in [3.8, 4) is 11.8 Å². The Morgan fingerprint density at radius 1 is 1.09 bits per heavy atom. The monoisotopic (exact) mass is 476 g/mol. The maximum Gasteiger partial charge on any atom is 0.418 e. The minimum absolute atomic E-state index is 0.0724. The molecule has 0 spiro atoms. The molecule has 0 aliphatic heterocycles. The van der Waals surface area contributed by atoms with Crippen LogP contribution >= 0.6 is 0 Å². The zero-order valence-corrected chi connectivity index (χ0v) is 18.8. The number of alkyl halides is 3. The van der Waals surface area contributed by atoms with Crippen LogP contribution in [0.1, 0.15) is 42.3 Å². The van der Waals surface area contributed by atoms with Crippen molar-refractivity contribution in [2.75, 3.05) is 0 Å². The SMILES string of the molecule is Cc1c(/C=C(\C#N)S(=O)(=O)c2ccccc2)cc(C(C)C)n1-c1ccc(F)cc1C(F)(F)F. The third-order valence-electron chi connectivity index (χ3n) is 5.15. The first kappa shape index (κ1) is 24.3. The summed E-state index contributed by atoms with van der Waals surface area (Å²) in [7, 11) is -4.13. The number of halogens is 4. The second-order valence-corrected chi connectivity index (χ2v) is 9.61. The molecule has 0 radical (unpaired) electrons. The van der Waals surface area contributed by atoms with Gasteiger partial charge in [-0.2, -0.15) is 18.4 Å². The molecule has 0 atom stereocenters. The lowest BCUT2D eigenvalue weighted by Gasteiger charge is -2.19. The van der Waals surface area contributed by atoms with Crippen molar-refractivity contribution in [2.24, 2.45) is 0 Å². The highest BCUT2D eigenvalue weighted by Crippen LogP contribution is 2.38. The van der Waals surface area contributed by atoms with Crippen LogP contribution in [0.4, 0.5) is 17.6 Å². The molecule has 1 aromatic heterocycles. The van der Waals surface area contributed by atoms with E-state index in [0.29, 0.717) is 11.8 Å². The van der Waals surface area contributed by atoms with Gasteiger partial charge >= 0.3 is 6.18 Å². The molecule has 0 fully saturated rings. The lowest BCUT2D eigenvalue weighted by molar-refractivity contribution is -0.137. The molecule has 172 valence electrons. The maximum absolute atomic E-state index is 13.7. The first-order chi connectivity index (χ1) is 15.4. The second kappa shape index (κ2) is 8.87. The summed E-state index contributed by atoms with van der Waals surface area (Å²) in [5.74, 6) is -1.28. The third kappa shape index (κ3) is 4.71. The number of nitriles is 1. The predicted octanol–water partition coefficient (Wildman–Crippen LogP) is 6.41. The van der Waals surface area contributed by atoms with Gasteiger partial charge in [0.2, 0.25) is 9.84 Å². The molecule has 33 heavy (non-hydrogen) atoms. The fourth-order valence-electron chi connectivity index (χ4n) is 3.51. The highest BCUT2D eigenvalue weighted by Gasteiger charge is 2.35. The Morgan fingerprint density at radius 2 is 1.73 bits per heavy atom. The summed E-state index contributed by atoms with van der Waals surface area (Å²) in [5.41, 5.74) is -0.436. The molecule has 0 aliphatic carbocycles. The van der Waals surface area contributed by atoms with Crippen LogP contribution in [0.15, 0.2) is 64.4 Å². The van der Waals surface area contributed by atoms with Crippen molar-refractivity contribution in [3.05, 3.63) is 87.8 Å². The molecule has 0 bridgehead atoms. The number of nitrogens with zero attached hydrogens (tertiary/aromatic N) is 2. The van der Waals surface area contributed by atoms with Gasteiger partial charge in [-0.3, -0.25) is 0 Å². The highest BCUT2D eigenvalue weighted by molar-refractivity contribution is 7.95. The molecule has 4 nitrogen and oxygen atoms in total. The Balaban J connectivity index is 2.27. The molecular formula is C24H20F4N2O2S. The van der Waals surface area contributed by atoms with Crippen molar-refractivity contribution in [3.63, 3.8) is 0 Å². The van der Waals surface area contributed by atoms with Crippen molar-refractivity contribution in [1.82, 2.24) is 4.57 Å². The van der Waals surface area contributed by atoms with Crippen molar-refractivity contribution in [2.45, 2.75) is 37.8 Å². The third-order valence-corrected chi connectivity index (χ3v) is 6.83. The fraction of sp³-hybridized carbons (Fsp3) is 0.208. The lowest BCUT2D eigenvalue weighted by Crippen LogP contribution is -2.14. The van der Waals surface area contributed by atoms with Gasteiger partial charge in [-0.15, -0.1) is 0 Å². The van der Waals surface area contributed by atoms with Crippen LogP contribution in [-0.2, 0) is 16.0 Å². The Bertz CT molecular complexity index is 1360. The summed E-state index contributed by atoms with van der Waals surface area (Å²) < 4.78 is 81.8. The summed E-state index contributed by atoms with van der Waals surface area (Å²) in [6.07, 6.45) is -3.66. The van der Waals surface area contributed by atoms with Gasteiger partial charge in [0.05, 0.1) is 16.1 Å². The number of hydrogen-bond donors (Lipinski definition) is 0. The minimum atomic E-state index is -4.81. The van der Waals surface area contributed by atoms with Crippen LogP contribution < -0.4 is 0 Å². The number of benzene rings is 2. The molecule has 0 unspecified atom stereocenters. The fourth-order valence-corrected chi connectivity index (χ4v) is 4.68. The first-order valence-electron chi connectivity index (χ1n) is 9.89. The zero-order valence-electron chi connectivity index (χ0n) is 18.0. The van der Waals surface area contributed by atoms with Crippen molar-refractivity contribution >= 4 is 15.9 Å². The van der Waals surface area contributed by atoms with E-state index in [0.717, 1.165) is 18.2 Å². The molecule has 1 heterocycles. The van der Waals surface area contributed by atoms with Crippen LogP contribution in [0.2, 0.25) is 0 Å². The van der Waals surface area contributed by atoms with Gasteiger partial charge < -0.3 is 4.57 Å². The van der Waals surface area contributed by atoms with E-state index < -0.39 is 32.3 Å². The van der Waals surface area contributed by atoms with Crippen LogP contribution in [-0.4, -0.2) is 13.0 Å². The van der Waals surface area contributed by atoms with E-state index in [-0.39, 0.29) is 27.8 Å². The maximum atomic E-state index is 13.7. The quantitative estimate of drug-likeness (QED) is 0.316. The van der Waals surface area contributed by atoms with Crippen LogP contribution in [0.25, 0.3) is 11.8 Å². The molecule has 3 aromatic rings. The van der Waals surface area contributed by atoms with Crippen LogP contribution in [0.3, 0.4) is 0 Å². The second-order valence-electron chi connectivity index (χ2n) is 7.70. The standard InChI is InChI=1S/C24H20F4N2O2S/c1-15(2)23-12-17(11-20(14-29)33(31,32)19-7-5-4-6-8-19)16(3)30(23)22-10-9-18(25)13-21(22)24(26,27)28/h4-13,15H,1-3H3/b20-11+. The van der Waals surface area contributed by atoms with Gasteiger partial charge in [-0.1, -0.05) is 32.0 Å². The van der Waals surface area contributed by atoms with E-state index in [2.05, 4.69) is 0 Å². The molecule has 0 aliphatic rings. The predicted molar refractivity (Wildman–Crippen MR) is 117 cm³/mol. The Morgan fingerprint density at radius 3 is 2.27 bits per heavy atom. The Hall–Kier alpha value is -3.38. The van der Waals surface area contributed by atoms with Crippen LogP contribution in [0.5, 0.6) is 0 Å². The zero-order chi connectivity index (χ0) is 24.6. The summed E-state index contributed by atoms with van der Waals surface area (Å²) in [5, 5.41) is 9.56. The van der Waals surface area contributed by atoms with Gasteiger partial charge in [-0.25, -0.2) is 12.8 Å². The van der Waals surface area contributed by atoms with E-state index in [4.69, 9.17) is 0 Å². The molecule has 2 aromatic carbocycles. The van der Waals surface area contributed by atoms with Gasteiger partial charge in [0.15, 0.2) is 0 Å². The summed E-state index contributed by atoms with van der Waals surface area (Å²) in [6, 6.07) is 13.0. The number of allylic oxidation sites excluding steroid dienone is 1. The molecule has 0 saturated carbocycles. The average Bonchev–Trinajstić information content (AvgIpc) is 3.08. The van der Waals surface area contributed by atoms with E-state index in [1.54, 1.807) is 32.0 Å².